The van der Waals surface area contributed by atoms with Crippen molar-refractivity contribution in [2.45, 2.75) is 31.7 Å². The predicted molar refractivity (Wildman–Crippen MR) is 70.0 cm³/mol. The number of hydrogen-bond acceptors (Lipinski definition) is 2. The van der Waals surface area contributed by atoms with Crippen molar-refractivity contribution < 1.29 is 4.79 Å². The lowest BCUT2D eigenvalue weighted by Crippen LogP contribution is -2.37. The van der Waals surface area contributed by atoms with Gasteiger partial charge in [-0.3, -0.25) is 4.79 Å². The summed E-state index contributed by atoms with van der Waals surface area (Å²) in [5.41, 5.74) is 1.28. The van der Waals surface area contributed by atoms with Crippen molar-refractivity contribution in [3.63, 3.8) is 0 Å². The number of carbonyl (C=O) groups is 1. The second-order valence-electron chi connectivity index (χ2n) is 5.24. The summed E-state index contributed by atoms with van der Waals surface area (Å²) in [6, 6.07) is 10.9. The summed E-state index contributed by atoms with van der Waals surface area (Å²) in [6.07, 6.45) is 3.70. The summed E-state index contributed by atoms with van der Waals surface area (Å²) in [5.74, 6) is 0.672. The van der Waals surface area contributed by atoms with Crippen LogP contribution in [0.4, 0.5) is 0 Å². The van der Waals surface area contributed by atoms with E-state index in [0.29, 0.717) is 11.8 Å². The van der Waals surface area contributed by atoms with Crippen molar-refractivity contribution in [1.29, 1.82) is 0 Å². The molecule has 2 heteroatoms. The summed E-state index contributed by atoms with van der Waals surface area (Å²) in [7, 11) is 4.22. The second kappa shape index (κ2) is 5.46. The lowest BCUT2D eigenvalue weighted by atomic mass is 9.80. The molecular weight excluding hydrogens is 210 g/mol. The Kier molecular flexibility index (Phi) is 3.95. The van der Waals surface area contributed by atoms with Crippen molar-refractivity contribution in [2.75, 3.05) is 14.1 Å². The van der Waals surface area contributed by atoms with Gasteiger partial charge < -0.3 is 4.90 Å². The van der Waals surface area contributed by atoms with Crippen LogP contribution in [0.25, 0.3) is 0 Å². The first-order chi connectivity index (χ1) is 8.16. The number of benzene rings is 1. The van der Waals surface area contributed by atoms with Crippen molar-refractivity contribution in [3.8, 4) is 0 Å². The molecule has 0 amide bonds. The standard InChI is InChI=1S/C15H21NO/c1-16(2)14-8-9-15(17)13(11-14)10-12-6-4-3-5-7-12/h3-7,13-14H,8-11H2,1-2H3. The minimum atomic E-state index is 0.221. The van der Waals surface area contributed by atoms with Gasteiger partial charge in [-0.05, 0) is 38.9 Å². The molecule has 0 spiro atoms. The van der Waals surface area contributed by atoms with Crippen LogP contribution in [-0.2, 0) is 11.2 Å². The topological polar surface area (TPSA) is 20.3 Å². The first-order valence-corrected chi connectivity index (χ1v) is 6.40. The Bertz CT molecular complexity index is 372. The molecule has 2 nitrogen and oxygen atoms in total. The second-order valence-corrected chi connectivity index (χ2v) is 5.24. The molecule has 0 heterocycles. The molecule has 0 aliphatic heterocycles. The zero-order valence-electron chi connectivity index (χ0n) is 10.7. The van der Waals surface area contributed by atoms with Gasteiger partial charge in [0.15, 0.2) is 0 Å². The van der Waals surface area contributed by atoms with E-state index >= 15 is 0 Å². The normalized spacial score (nSPS) is 25.2. The smallest absolute Gasteiger partial charge is 0.136 e. The predicted octanol–water partition coefficient (Wildman–Crippen LogP) is 2.53. The van der Waals surface area contributed by atoms with Crippen LogP contribution in [0, 0.1) is 5.92 Å². The summed E-state index contributed by atoms with van der Waals surface area (Å²) in [6.45, 7) is 0. The first kappa shape index (κ1) is 12.3. The van der Waals surface area contributed by atoms with E-state index in [4.69, 9.17) is 0 Å². The number of rotatable bonds is 3. The highest BCUT2D eigenvalue weighted by atomic mass is 16.1. The van der Waals surface area contributed by atoms with Crippen LogP contribution in [0.1, 0.15) is 24.8 Å². The maximum absolute atomic E-state index is 11.9. The molecule has 17 heavy (non-hydrogen) atoms. The van der Waals surface area contributed by atoms with Crippen molar-refractivity contribution in [3.05, 3.63) is 35.9 Å². The number of hydrogen-bond donors (Lipinski definition) is 0. The number of carbonyl (C=O) groups excluding carboxylic acids is 1. The van der Waals surface area contributed by atoms with Gasteiger partial charge in [0, 0.05) is 18.4 Å². The Morgan fingerprint density at radius 2 is 1.94 bits per heavy atom. The third-order valence-electron chi connectivity index (χ3n) is 3.79. The fraction of sp³-hybridized carbons (Fsp3) is 0.533. The third-order valence-corrected chi connectivity index (χ3v) is 3.79. The van der Waals surface area contributed by atoms with Gasteiger partial charge in [-0.15, -0.1) is 0 Å². The Morgan fingerprint density at radius 3 is 2.59 bits per heavy atom. The minimum absolute atomic E-state index is 0.221. The molecule has 0 saturated heterocycles. The van der Waals surface area contributed by atoms with Crippen LogP contribution < -0.4 is 0 Å². The summed E-state index contributed by atoms with van der Waals surface area (Å²) >= 11 is 0. The summed E-state index contributed by atoms with van der Waals surface area (Å²) in [5, 5.41) is 0. The fourth-order valence-corrected chi connectivity index (χ4v) is 2.66. The van der Waals surface area contributed by atoms with E-state index < -0.39 is 0 Å². The number of nitrogens with zero attached hydrogens (tertiary/aromatic N) is 1. The van der Waals surface area contributed by atoms with E-state index in [0.717, 1.165) is 25.7 Å². The Balaban J connectivity index is 2.01. The van der Waals surface area contributed by atoms with E-state index in [-0.39, 0.29) is 5.92 Å². The SMILES string of the molecule is CN(C)C1CCC(=O)C(Cc2ccccc2)C1. The lowest BCUT2D eigenvalue weighted by molar-refractivity contribution is -0.125. The van der Waals surface area contributed by atoms with E-state index in [2.05, 4.69) is 31.1 Å². The average molecular weight is 231 g/mol. The molecule has 1 aromatic rings. The molecule has 1 aliphatic rings. The zero-order chi connectivity index (χ0) is 12.3. The summed E-state index contributed by atoms with van der Waals surface area (Å²) in [4.78, 5) is 14.2. The molecule has 92 valence electrons. The van der Waals surface area contributed by atoms with Crippen LogP contribution >= 0.6 is 0 Å². The highest BCUT2D eigenvalue weighted by Crippen LogP contribution is 2.26. The van der Waals surface area contributed by atoms with Crippen LogP contribution in [0.3, 0.4) is 0 Å². The molecule has 2 unspecified atom stereocenters. The van der Waals surface area contributed by atoms with Crippen molar-refractivity contribution in [2.24, 2.45) is 5.92 Å². The molecule has 1 aromatic carbocycles. The molecule has 0 aromatic heterocycles. The quantitative estimate of drug-likeness (QED) is 0.796. The molecule has 0 bridgehead atoms. The average Bonchev–Trinajstić information content (AvgIpc) is 2.33. The first-order valence-electron chi connectivity index (χ1n) is 6.40. The van der Waals surface area contributed by atoms with E-state index in [1.807, 2.05) is 18.2 Å². The molecule has 0 N–H and O–H groups in total. The monoisotopic (exact) mass is 231 g/mol. The van der Waals surface area contributed by atoms with Gasteiger partial charge in [0.05, 0.1) is 0 Å². The van der Waals surface area contributed by atoms with E-state index in [1.54, 1.807) is 0 Å². The van der Waals surface area contributed by atoms with Gasteiger partial charge in [-0.25, -0.2) is 0 Å². The highest BCUT2D eigenvalue weighted by molar-refractivity contribution is 5.82. The number of ketones is 1. The van der Waals surface area contributed by atoms with Gasteiger partial charge >= 0.3 is 0 Å². The maximum atomic E-state index is 11.9. The van der Waals surface area contributed by atoms with Gasteiger partial charge in [0.2, 0.25) is 0 Å². The third kappa shape index (κ3) is 3.16. The largest absolute Gasteiger partial charge is 0.306 e. The van der Waals surface area contributed by atoms with Crippen LogP contribution in [0.2, 0.25) is 0 Å². The molecule has 1 saturated carbocycles. The van der Waals surface area contributed by atoms with Gasteiger partial charge in [-0.2, -0.15) is 0 Å². The van der Waals surface area contributed by atoms with Gasteiger partial charge in [-0.1, -0.05) is 30.3 Å². The van der Waals surface area contributed by atoms with Gasteiger partial charge in [0.1, 0.15) is 5.78 Å². The minimum Gasteiger partial charge on any atom is -0.306 e. The molecule has 1 aliphatic carbocycles. The highest BCUT2D eigenvalue weighted by Gasteiger charge is 2.29. The molecule has 1 fully saturated rings. The Morgan fingerprint density at radius 1 is 1.24 bits per heavy atom. The molecule has 0 radical (unpaired) electrons. The Labute approximate surface area is 104 Å². The van der Waals surface area contributed by atoms with Crippen LogP contribution in [0.15, 0.2) is 30.3 Å². The summed E-state index contributed by atoms with van der Waals surface area (Å²) < 4.78 is 0. The molecule has 2 atom stereocenters. The van der Waals surface area contributed by atoms with Crippen molar-refractivity contribution >= 4 is 5.78 Å². The van der Waals surface area contributed by atoms with Crippen LogP contribution in [0.5, 0.6) is 0 Å². The fourth-order valence-electron chi connectivity index (χ4n) is 2.66. The van der Waals surface area contributed by atoms with E-state index in [1.165, 1.54) is 5.56 Å². The zero-order valence-corrected chi connectivity index (χ0v) is 10.7. The van der Waals surface area contributed by atoms with Crippen LogP contribution in [-0.4, -0.2) is 30.8 Å². The molecule has 2 rings (SSSR count). The Hall–Kier alpha value is -1.15. The number of Topliss-reactive ketones (excluding diaryl/α,β-unsaturated/α-hetero) is 1. The maximum Gasteiger partial charge on any atom is 0.136 e. The van der Waals surface area contributed by atoms with Gasteiger partial charge in [0.25, 0.3) is 0 Å². The van der Waals surface area contributed by atoms with E-state index in [9.17, 15) is 4.79 Å². The van der Waals surface area contributed by atoms with Crippen molar-refractivity contribution in [1.82, 2.24) is 4.90 Å². The molecular formula is C15H21NO. The lowest BCUT2D eigenvalue weighted by Gasteiger charge is -2.32.